The second kappa shape index (κ2) is 23.4. The maximum Gasteiger partial charge on any atom is 0.306 e. The number of amides is 1. The van der Waals surface area contributed by atoms with E-state index in [1.807, 2.05) is 38.1 Å². The Morgan fingerprint density at radius 2 is 1.53 bits per heavy atom. The number of aryl methyl sites for hydroxylation is 1. The van der Waals surface area contributed by atoms with Gasteiger partial charge in [-0.2, -0.15) is 5.10 Å². The van der Waals surface area contributed by atoms with Crippen molar-refractivity contribution in [2.45, 2.75) is 138 Å². The van der Waals surface area contributed by atoms with Crippen molar-refractivity contribution in [1.82, 2.24) is 19.6 Å². The molecule has 0 fully saturated rings. The molecule has 3 aromatic rings. The van der Waals surface area contributed by atoms with E-state index in [2.05, 4.69) is 48.7 Å². The van der Waals surface area contributed by atoms with Crippen molar-refractivity contribution in [1.29, 1.82) is 0 Å². The summed E-state index contributed by atoms with van der Waals surface area (Å²) in [6.45, 7) is 14.6. The Balaban J connectivity index is 1.29. The van der Waals surface area contributed by atoms with Gasteiger partial charge in [-0.05, 0) is 74.7 Å². The predicted octanol–water partition coefficient (Wildman–Crippen LogP) is 9.37. The first-order valence-electron chi connectivity index (χ1n) is 21.8. The molecule has 324 valence electrons. The minimum absolute atomic E-state index is 0.0411. The molecule has 0 atom stereocenters. The fourth-order valence-corrected chi connectivity index (χ4v) is 7.34. The van der Waals surface area contributed by atoms with Crippen molar-refractivity contribution in [3.05, 3.63) is 53.9 Å². The Kier molecular flexibility index (Phi) is 18.7. The quantitative estimate of drug-likeness (QED) is 0.0568. The molecule has 0 radical (unpaired) electrons. The van der Waals surface area contributed by atoms with Crippen molar-refractivity contribution >= 4 is 50.4 Å². The molecule has 1 aromatic heterocycles. The van der Waals surface area contributed by atoms with Crippen LogP contribution in [0.15, 0.2) is 52.6 Å². The van der Waals surface area contributed by atoms with E-state index in [-0.39, 0.29) is 30.1 Å². The van der Waals surface area contributed by atoms with E-state index < -0.39 is 10.0 Å². The van der Waals surface area contributed by atoms with Crippen LogP contribution in [0.3, 0.4) is 0 Å². The highest BCUT2D eigenvalue weighted by Gasteiger charge is 2.36. The van der Waals surface area contributed by atoms with Crippen molar-refractivity contribution < 1.29 is 22.7 Å². The highest BCUT2D eigenvalue weighted by Crippen LogP contribution is 2.33. The summed E-state index contributed by atoms with van der Waals surface area (Å²) in [5, 5.41) is 12.5. The van der Waals surface area contributed by atoms with Crippen LogP contribution in [0.25, 0.3) is 11.4 Å². The SMILES string of the molecule is CCCCCCCCCCCCCCOC(=O)CCC(=O)Nc1ccc(-c2nc3n(n2)N=C(C(C)(C)CC)C3=Nc2ccc(N(CC)CCNS(C)(=O)=O)cc2C)cc1. The molecule has 0 spiro atoms. The molecule has 0 bridgehead atoms. The van der Waals surface area contributed by atoms with Gasteiger partial charge in [0, 0.05) is 48.4 Å². The van der Waals surface area contributed by atoms with Crippen LogP contribution in [0, 0.1) is 12.3 Å². The molecule has 59 heavy (non-hydrogen) atoms. The van der Waals surface area contributed by atoms with Crippen LogP contribution in [0.5, 0.6) is 0 Å². The number of carbonyl (C=O) groups is 2. The molecule has 1 aliphatic rings. The van der Waals surface area contributed by atoms with Crippen LogP contribution in [-0.4, -0.2) is 79.1 Å². The zero-order valence-corrected chi connectivity index (χ0v) is 37.4. The number of hydrogen-bond donors (Lipinski definition) is 2. The third-order valence-corrected chi connectivity index (χ3v) is 11.6. The monoisotopic (exact) mass is 833 g/mol. The lowest BCUT2D eigenvalue weighted by molar-refractivity contribution is -0.144. The Labute approximate surface area is 352 Å². The molecule has 2 N–H and O–H groups in total. The van der Waals surface area contributed by atoms with E-state index in [0.717, 1.165) is 60.3 Å². The van der Waals surface area contributed by atoms with Crippen molar-refractivity contribution in [2.24, 2.45) is 15.5 Å². The zero-order chi connectivity index (χ0) is 42.8. The number of aliphatic imine (C=N–C) groups is 1. The number of nitrogens with one attached hydrogen (secondary N) is 2. The summed E-state index contributed by atoms with van der Waals surface area (Å²) in [5.74, 6) is 0.424. The summed E-state index contributed by atoms with van der Waals surface area (Å²) in [6.07, 6.45) is 17.1. The standard InChI is InChI=1S/C45H68N8O5S/c1-8-11-12-13-14-15-16-17-18-19-20-21-32-58-40(55)29-28-39(54)47-36-24-22-35(23-25-36)43-49-44-41(42(45(5,6)9-2)50-53(44)51-43)48-38-27-26-37(33-34(38)4)52(10-3)31-30-46-59(7,56)57/h22-27,33,46H,8-21,28-32H2,1-7H3,(H,47,54). The largest absolute Gasteiger partial charge is 0.466 e. The lowest BCUT2D eigenvalue weighted by Crippen LogP contribution is -2.34. The first-order chi connectivity index (χ1) is 28.2. The lowest BCUT2D eigenvalue weighted by Gasteiger charge is -2.24. The minimum atomic E-state index is -3.26. The number of aromatic nitrogens is 3. The number of likely N-dealkylation sites (N-methyl/N-ethyl adjacent to an activating group) is 1. The van der Waals surface area contributed by atoms with Crippen molar-refractivity contribution in [3.8, 4) is 11.4 Å². The average molecular weight is 833 g/mol. The van der Waals surface area contributed by atoms with Gasteiger partial charge in [0.25, 0.3) is 0 Å². The maximum absolute atomic E-state index is 12.6. The van der Waals surface area contributed by atoms with E-state index in [0.29, 0.717) is 42.7 Å². The van der Waals surface area contributed by atoms with Gasteiger partial charge in [0.05, 0.1) is 30.7 Å². The molecule has 13 nitrogen and oxygen atoms in total. The average Bonchev–Trinajstić information content (AvgIpc) is 3.78. The topological polar surface area (TPSA) is 160 Å². The Bertz CT molecular complexity index is 1990. The van der Waals surface area contributed by atoms with Crippen LogP contribution < -0.4 is 14.9 Å². The molecule has 2 aromatic carbocycles. The van der Waals surface area contributed by atoms with E-state index >= 15 is 0 Å². The normalized spacial score (nSPS) is 13.4. The Hall–Kier alpha value is -4.43. The van der Waals surface area contributed by atoms with Crippen LogP contribution in [0.1, 0.15) is 142 Å². The molecular weight excluding hydrogens is 765 g/mol. The number of ether oxygens (including phenoxy) is 1. The summed E-state index contributed by atoms with van der Waals surface area (Å²) in [5.41, 5.74) is 5.25. The number of sulfonamides is 1. The summed E-state index contributed by atoms with van der Waals surface area (Å²) in [7, 11) is -3.26. The highest BCUT2D eigenvalue weighted by atomic mass is 32.2. The molecule has 0 saturated heterocycles. The van der Waals surface area contributed by atoms with Crippen LogP contribution in [0.2, 0.25) is 0 Å². The van der Waals surface area contributed by atoms with Gasteiger partial charge in [-0.25, -0.2) is 23.1 Å². The second-order valence-electron chi connectivity index (χ2n) is 16.2. The smallest absolute Gasteiger partial charge is 0.306 e. The van der Waals surface area contributed by atoms with Gasteiger partial charge >= 0.3 is 5.97 Å². The van der Waals surface area contributed by atoms with Gasteiger partial charge in [0.1, 0.15) is 5.71 Å². The van der Waals surface area contributed by atoms with Gasteiger partial charge in [-0.15, -0.1) is 9.89 Å². The van der Waals surface area contributed by atoms with Gasteiger partial charge in [0.15, 0.2) is 5.82 Å². The first-order valence-corrected chi connectivity index (χ1v) is 23.7. The zero-order valence-electron chi connectivity index (χ0n) is 36.6. The maximum atomic E-state index is 12.6. The summed E-state index contributed by atoms with van der Waals surface area (Å²) in [4.78, 5) is 38.6. The molecule has 0 aliphatic carbocycles. The fraction of sp³-hybridized carbons (Fsp3) is 0.600. The number of nitrogens with zero attached hydrogens (tertiary/aromatic N) is 6. The molecule has 0 unspecified atom stereocenters. The van der Waals surface area contributed by atoms with Crippen LogP contribution >= 0.6 is 0 Å². The highest BCUT2D eigenvalue weighted by molar-refractivity contribution is 7.88. The number of esters is 1. The minimum Gasteiger partial charge on any atom is -0.466 e. The molecule has 0 saturated carbocycles. The number of anilines is 2. The fourth-order valence-electron chi connectivity index (χ4n) is 6.88. The number of unbranched alkanes of at least 4 members (excludes halogenated alkanes) is 11. The molecule has 4 rings (SSSR count). The summed E-state index contributed by atoms with van der Waals surface area (Å²) in [6, 6.07) is 13.3. The van der Waals surface area contributed by atoms with Gasteiger partial charge in [-0.3, -0.25) is 9.59 Å². The third kappa shape index (κ3) is 15.3. The first kappa shape index (κ1) is 47.3. The summed E-state index contributed by atoms with van der Waals surface area (Å²) >= 11 is 0. The van der Waals surface area contributed by atoms with Crippen molar-refractivity contribution in [2.75, 3.05) is 42.7 Å². The molecule has 1 amide bonds. The predicted molar refractivity (Wildman–Crippen MR) is 240 cm³/mol. The van der Waals surface area contributed by atoms with Crippen LogP contribution in [0.4, 0.5) is 17.1 Å². The summed E-state index contributed by atoms with van der Waals surface area (Å²) < 4.78 is 31.1. The van der Waals surface area contributed by atoms with Gasteiger partial charge in [-0.1, -0.05) is 98.3 Å². The van der Waals surface area contributed by atoms with E-state index in [4.69, 9.17) is 24.9 Å². The van der Waals surface area contributed by atoms with E-state index in [1.165, 1.54) is 64.2 Å². The number of rotatable bonds is 27. The Morgan fingerprint density at radius 1 is 0.881 bits per heavy atom. The number of benzene rings is 2. The molecule has 2 heterocycles. The molecular formula is C45H68N8O5S. The number of hydrogen-bond acceptors (Lipinski definition) is 10. The molecule has 14 heteroatoms. The Morgan fingerprint density at radius 3 is 2.12 bits per heavy atom. The lowest BCUT2D eigenvalue weighted by atomic mass is 9.82. The third-order valence-electron chi connectivity index (χ3n) is 10.9. The van der Waals surface area contributed by atoms with E-state index in [9.17, 15) is 18.0 Å². The van der Waals surface area contributed by atoms with Crippen LogP contribution in [-0.2, 0) is 24.3 Å². The van der Waals surface area contributed by atoms with E-state index in [1.54, 1.807) is 16.9 Å². The second-order valence-corrected chi connectivity index (χ2v) is 18.1. The molecule has 1 aliphatic heterocycles. The number of fused-ring (bicyclic) bond motifs is 1. The van der Waals surface area contributed by atoms with Crippen molar-refractivity contribution in [3.63, 3.8) is 0 Å². The van der Waals surface area contributed by atoms with Gasteiger partial charge in [0.2, 0.25) is 21.8 Å². The number of carbonyl (C=O) groups excluding carboxylic acids is 2. The van der Waals surface area contributed by atoms with Gasteiger partial charge < -0.3 is 15.0 Å².